The maximum absolute atomic E-state index is 12.3. The number of halogens is 3. The van der Waals surface area contributed by atoms with Crippen LogP contribution in [-0.4, -0.2) is 33.2 Å². The Labute approximate surface area is 128 Å². The third-order valence-corrected chi connectivity index (χ3v) is 3.41. The molecule has 3 aromatic rings. The van der Waals surface area contributed by atoms with E-state index in [0.717, 1.165) is 0 Å². The number of nitrogens with one attached hydrogen (secondary N) is 1. The molecule has 1 aromatic carbocycles. The highest BCUT2D eigenvalue weighted by atomic mass is 19.4. The first-order valence-electron chi connectivity index (χ1n) is 6.80. The molecular weight excluding hydrogens is 311 g/mol. The molecule has 0 saturated carbocycles. The van der Waals surface area contributed by atoms with E-state index in [2.05, 4.69) is 10.3 Å². The minimum Gasteiger partial charge on any atom is -0.478 e. The molecule has 0 fully saturated rings. The zero-order valence-corrected chi connectivity index (χ0v) is 11.8. The van der Waals surface area contributed by atoms with Gasteiger partial charge in [0.15, 0.2) is 5.82 Å². The number of rotatable bonds is 4. The van der Waals surface area contributed by atoms with E-state index < -0.39 is 18.6 Å². The second-order valence-electron chi connectivity index (χ2n) is 5.02. The Kier molecular flexibility index (Phi) is 3.59. The van der Waals surface area contributed by atoms with Gasteiger partial charge in [0.1, 0.15) is 0 Å². The minimum atomic E-state index is -4.25. The molecule has 2 N–H and O–H groups in total. The molecule has 0 bridgehead atoms. The Morgan fingerprint density at radius 1 is 1.26 bits per heavy atom. The predicted molar refractivity (Wildman–Crippen MR) is 78.8 cm³/mol. The number of benzene rings is 1. The van der Waals surface area contributed by atoms with Crippen molar-refractivity contribution in [3.05, 3.63) is 42.1 Å². The van der Waals surface area contributed by atoms with Crippen LogP contribution in [0.4, 0.5) is 19.0 Å². The Bertz CT molecular complexity index is 887. The monoisotopic (exact) mass is 323 g/mol. The van der Waals surface area contributed by atoms with E-state index in [9.17, 15) is 18.0 Å². The lowest BCUT2D eigenvalue weighted by Gasteiger charge is -2.12. The van der Waals surface area contributed by atoms with Gasteiger partial charge in [-0.2, -0.15) is 13.2 Å². The number of aromatic nitrogens is 2. The highest BCUT2D eigenvalue weighted by molar-refractivity contribution is 5.94. The fourth-order valence-corrected chi connectivity index (χ4v) is 2.36. The fourth-order valence-electron chi connectivity index (χ4n) is 2.36. The zero-order valence-electron chi connectivity index (χ0n) is 11.8. The van der Waals surface area contributed by atoms with Gasteiger partial charge in [-0.05, 0) is 30.3 Å². The van der Waals surface area contributed by atoms with E-state index in [-0.39, 0.29) is 17.9 Å². The molecule has 0 unspecified atom stereocenters. The molecule has 2 heterocycles. The van der Waals surface area contributed by atoms with E-state index >= 15 is 0 Å². The average Bonchev–Trinajstić information content (AvgIpc) is 2.95. The van der Waals surface area contributed by atoms with Crippen molar-refractivity contribution < 1.29 is 23.1 Å². The van der Waals surface area contributed by atoms with E-state index in [4.69, 9.17) is 5.11 Å². The lowest BCUT2D eigenvalue weighted by Crippen LogP contribution is -2.15. The van der Waals surface area contributed by atoms with Crippen LogP contribution < -0.4 is 5.32 Å². The first kappa shape index (κ1) is 15.1. The van der Waals surface area contributed by atoms with Crippen LogP contribution in [0.2, 0.25) is 0 Å². The SMILES string of the molecule is O=C(O)c1ccc2c(c1)nc(NCCC(F)(F)F)c1cccn12. The van der Waals surface area contributed by atoms with Crippen LogP contribution in [0.1, 0.15) is 16.8 Å². The number of carbonyl (C=O) groups is 1. The molecular formula is C15H12F3N3O2. The number of alkyl halides is 3. The molecule has 0 aliphatic rings. The molecule has 0 atom stereocenters. The van der Waals surface area contributed by atoms with Gasteiger partial charge in [0, 0.05) is 12.7 Å². The molecule has 3 rings (SSSR count). The van der Waals surface area contributed by atoms with Gasteiger partial charge in [-0.15, -0.1) is 0 Å². The summed E-state index contributed by atoms with van der Waals surface area (Å²) < 4.78 is 38.6. The Morgan fingerprint density at radius 3 is 2.74 bits per heavy atom. The Morgan fingerprint density at radius 2 is 2.04 bits per heavy atom. The van der Waals surface area contributed by atoms with Gasteiger partial charge < -0.3 is 14.8 Å². The van der Waals surface area contributed by atoms with E-state index in [1.165, 1.54) is 12.1 Å². The molecule has 23 heavy (non-hydrogen) atoms. The van der Waals surface area contributed by atoms with Gasteiger partial charge in [-0.1, -0.05) is 0 Å². The third-order valence-electron chi connectivity index (χ3n) is 3.41. The van der Waals surface area contributed by atoms with Crippen LogP contribution >= 0.6 is 0 Å². The van der Waals surface area contributed by atoms with Crippen LogP contribution in [0, 0.1) is 0 Å². The van der Waals surface area contributed by atoms with Crippen molar-refractivity contribution in [2.75, 3.05) is 11.9 Å². The van der Waals surface area contributed by atoms with Crippen molar-refractivity contribution >= 4 is 28.3 Å². The summed E-state index contributed by atoms with van der Waals surface area (Å²) in [5.74, 6) is -0.804. The lowest BCUT2D eigenvalue weighted by molar-refractivity contribution is -0.131. The number of hydrogen-bond donors (Lipinski definition) is 2. The van der Waals surface area contributed by atoms with Crippen molar-refractivity contribution in [3.63, 3.8) is 0 Å². The number of anilines is 1. The van der Waals surface area contributed by atoms with Crippen molar-refractivity contribution in [1.82, 2.24) is 9.38 Å². The fraction of sp³-hybridized carbons (Fsp3) is 0.200. The standard InChI is InChI=1S/C15H12F3N3O2/c16-15(17,18)5-6-19-13-12-2-1-7-21(12)11-4-3-9(14(22)23)8-10(11)20-13/h1-4,7-8H,5-6H2,(H,19,20)(H,22,23). The lowest BCUT2D eigenvalue weighted by atomic mass is 10.2. The summed E-state index contributed by atoms with van der Waals surface area (Å²) in [7, 11) is 0. The molecule has 0 amide bonds. The molecule has 0 spiro atoms. The molecule has 0 aliphatic heterocycles. The molecule has 2 aromatic heterocycles. The smallest absolute Gasteiger partial charge is 0.390 e. The van der Waals surface area contributed by atoms with Crippen molar-refractivity contribution in [3.8, 4) is 0 Å². The maximum Gasteiger partial charge on any atom is 0.390 e. The van der Waals surface area contributed by atoms with Crippen LogP contribution in [0.15, 0.2) is 36.5 Å². The minimum absolute atomic E-state index is 0.0674. The van der Waals surface area contributed by atoms with Crippen molar-refractivity contribution in [2.45, 2.75) is 12.6 Å². The predicted octanol–water partition coefficient (Wildman–Crippen LogP) is 3.55. The number of aromatic carboxylic acids is 1. The van der Waals surface area contributed by atoms with Gasteiger partial charge in [-0.3, -0.25) is 0 Å². The second-order valence-corrected chi connectivity index (χ2v) is 5.02. The van der Waals surface area contributed by atoms with Gasteiger partial charge in [-0.25, -0.2) is 9.78 Å². The quantitative estimate of drug-likeness (QED) is 0.770. The Hall–Kier alpha value is -2.77. The number of nitrogens with zero attached hydrogens (tertiary/aromatic N) is 2. The second kappa shape index (κ2) is 5.45. The summed E-state index contributed by atoms with van der Waals surface area (Å²) in [5, 5.41) is 11.7. The van der Waals surface area contributed by atoms with Gasteiger partial charge in [0.05, 0.1) is 28.5 Å². The normalized spacial score (nSPS) is 12.0. The average molecular weight is 323 g/mol. The summed E-state index contributed by atoms with van der Waals surface area (Å²) in [5.41, 5.74) is 1.76. The van der Waals surface area contributed by atoms with Crippen LogP contribution in [-0.2, 0) is 0 Å². The third kappa shape index (κ3) is 3.05. The first-order chi connectivity index (χ1) is 10.8. The largest absolute Gasteiger partial charge is 0.478 e. The molecule has 0 aliphatic carbocycles. The van der Waals surface area contributed by atoms with E-state index in [1.54, 1.807) is 28.8 Å². The summed E-state index contributed by atoms with van der Waals surface area (Å²) in [4.78, 5) is 15.3. The molecule has 0 saturated heterocycles. The molecule has 0 radical (unpaired) electrons. The van der Waals surface area contributed by atoms with Crippen molar-refractivity contribution in [2.24, 2.45) is 0 Å². The van der Waals surface area contributed by atoms with Crippen molar-refractivity contribution in [1.29, 1.82) is 0 Å². The summed E-state index contributed by atoms with van der Waals surface area (Å²) in [6.07, 6.45) is -3.48. The topological polar surface area (TPSA) is 66.6 Å². The van der Waals surface area contributed by atoms with Crippen LogP contribution in [0.3, 0.4) is 0 Å². The van der Waals surface area contributed by atoms with E-state index in [1.807, 2.05) is 0 Å². The van der Waals surface area contributed by atoms with Crippen LogP contribution in [0.25, 0.3) is 16.6 Å². The van der Waals surface area contributed by atoms with Gasteiger partial charge >= 0.3 is 12.1 Å². The Balaban J connectivity index is 2.04. The zero-order chi connectivity index (χ0) is 16.6. The molecule has 5 nitrogen and oxygen atoms in total. The number of carboxylic acid groups (broad SMARTS) is 1. The highest BCUT2D eigenvalue weighted by Gasteiger charge is 2.26. The molecule has 120 valence electrons. The summed E-state index contributed by atoms with van der Waals surface area (Å²) in [6, 6.07) is 7.96. The highest BCUT2D eigenvalue weighted by Crippen LogP contribution is 2.24. The summed E-state index contributed by atoms with van der Waals surface area (Å²) in [6.45, 7) is -0.304. The molecule has 8 heteroatoms. The van der Waals surface area contributed by atoms with Crippen LogP contribution in [0.5, 0.6) is 0 Å². The number of fused-ring (bicyclic) bond motifs is 3. The summed E-state index contributed by atoms with van der Waals surface area (Å²) >= 11 is 0. The van der Waals surface area contributed by atoms with E-state index in [0.29, 0.717) is 16.6 Å². The first-order valence-corrected chi connectivity index (χ1v) is 6.80. The maximum atomic E-state index is 12.3. The van der Waals surface area contributed by atoms with Gasteiger partial charge in [0.25, 0.3) is 0 Å². The number of carboxylic acids is 1. The number of hydrogen-bond acceptors (Lipinski definition) is 3. The van der Waals surface area contributed by atoms with Gasteiger partial charge in [0.2, 0.25) is 0 Å².